The van der Waals surface area contributed by atoms with E-state index in [0.29, 0.717) is 39.8 Å². The highest BCUT2D eigenvalue weighted by Gasteiger charge is 2.29. The van der Waals surface area contributed by atoms with Crippen molar-refractivity contribution in [2.24, 2.45) is 5.10 Å². The van der Waals surface area contributed by atoms with Crippen LogP contribution in [0.2, 0.25) is 0 Å². The molecule has 2 aromatic carbocycles. The van der Waals surface area contributed by atoms with Gasteiger partial charge in [-0.25, -0.2) is 9.59 Å². The minimum atomic E-state index is -1.05. The largest absolute Gasteiger partial charge is 0.490 e. The van der Waals surface area contributed by atoms with E-state index in [1.54, 1.807) is 48.7 Å². The first-order valence-corrected chi connectivity index (χ1v) is 11.2. The van der Waals surface area contributed by atoms with E-state index in [2.05, 4.69) is 5.10 Å². The quantitative estimate of drug-likeness (QED) is 0.296. The van der Waals surface area contributed by atoms with Crippen LogP contribution >= 0.6 is 11.3 Å². The van der Waals surface area contributed by atoms with Crippen LogP contribution in [0.15, 0.2) is 70.7 Å². The van der Waals surface area contributed by atoms with Crippen LogP contribution in [-0.2, 0) is 4.79 Å². The highest BCUT2D eigenvalue weighted by Crippen LogP contribution is 2.32. The number of amides is 1. The Labute approximate surface area is 199 Å². The third-order valence-corrected chi connectivity index (χ3v) is 5.77. The van der Waals surface area contributed by atoms with Gasteiger partial charge in [0.05, 0.1) is 29.1 Å². The summed E-state index contributed by atoms with van der Waals surface area (Å²) in [6, 6.07) is 14.4. The first kappa shape index (κ1) is 22.9. The van der Waals surface area contributed by atoms with Crippen molar-refractivity contribution in [2.45, 2.75) is 13.8 Å². The first-order chi connectivity index (χ1) is 16.4. The molecule has 0 atom stereocenters. The molecule has 1 aromatic heterocycles. The molecule has 1 N–H and O–H groups in total. The Morgan fingerprint density at radius 2 is 1.88 bits per heavy atom. The summed E-state index contributed by atoms with van der Waals surface area (Å²) in [5, 5.41) is 16.4. The van der Waals surface area contributed by atoms with Crippen LogP contribution in [0.5, 0.6) is 11.5 Å². The number of hydrogen-bond donors (Lipinski definition) is 1. The van der Waals surface area contributed by atoms with Crippen LogP contribution in [0.3, 0.4) is 0 Å². The van der Waals surface area contributed by atoms with E-state index in [0.717, 1.165) is 0 Å². The molecular formula is C25H20N2O6S. The molecule has 0 saturated heterocycles. The van der Waals surface area contributed by atoms with Crippen LogP contribution in [0.25, 0.3) is 6.08 Å². The molecule has 34 heavy (non-hydrogen) atoms. The SMILES string of the molecule is CCOc1cc(C=C2C(=O)N(c3ccc(C(=O)O)cc3)N=C2C)ccc1OC(=O)c1cccs1. The first-order valence-electron chi connectivity index (χ1n) is 10.3. The Bertz CT molecular complexity index is 1310. The zero-order valence-electron chi connectivity index (χ0n) is 18.3. The van der Waals surface area contributed by atoms with Crippen LogP contribution in [-0.4, -0.2) is 35.3 Å². The predicted molar refractivity (Wildman–Crippen MR) is 129 cm³/mol. The molecule has 0 spiro atoms. The number of rotatable bonds is 7. The molecule has 3 aromatic rings. The maximum absolute atomic E-state index is 13.0. The van der Waals surface area contributed by atoms with Crippen molar-refractivity contribution in [2.75, 3.05) is 11.6 Å². The Balaban J connectivity index is 1.58. The average Bonchev–Trinajstić information content (AvgIpc) is 3.46. The molecular weight excluding hydrogens is 456 g/mol. The van der Waals surface area contributed by atoms with Gasteiger partial charge in [0.1, 0.15) is 4.88 Å². The van der Waals surface area contributed by atoms with Gasteiger partial charge in [0.15, 0.2) is 11.5 Å². The van der Waals surface area contributed by atoms with Gasteiger partial charge in [-0.15, -0.1) is 11.3 Å². The highest BCUT2D eigenvalue weighted by molar-refractivity contribution is 7.12. The number of hydrazone groups is 1. The standard InChI is InChI=1S/C25H20N2O6S/c1-3-32-21-14-16(6-11-20(21)33-25(31)22-5-4-12-34-22)13-19-15(2)26-27(23(19)28)18-9-7-17(8-10-18)24(29)30/h4-14H,3H2,1-2H3,(H,29,30). The molecule has 9 heteroatoms. The lowest BCUT2D eigenvalue weighted by atomic mass is 10.1. The van der Waals surface area contributed by atoms with E-state index in [1.807, 2.05) is 6.92 Å². The van der Waals surface area contributed by atoms with Crippen LogP contribution in [0.4, 0.5) is 5.69 Å². The number of benzene rings is 2. The van der Waals surface area contributed by atoms with Gasteiger partial charge >= 0.3 is 11.9 Å². The van der Waals surface area contributed by atoms with Gasteiger partial charge in [0.2, 0.25) is 0 Å². The van der Waals surface area contributed by atoms with E-state index >= 15 is 0 Å². The zero-order chi connectivity index (χ0) is 24.2. The van der Waals surface area contributed by atoms with E-state index < -0.39 is 11.9 Å². The summed E-state index contributed by atoms with van der Waals surface area (Å²) in [5.74, 6) is -1.20. The fourth-order valence-corrected chi connectivity index (χ4v) is 3.88. The number of ether oxygens (including phenoxy) is 2. The van der Waals surface area contributed by atoms with Gasteiger partial charge in [-0.1, -0.05) is 12.1 Å². The van der Waals surface area contributed by atoms with Crippen molar-refractivity contribution in [3.8, 4) is 11.5 Å². The van der Waals surface area contributed by atoms with Gasteiger partial charge in [-0.2, -0.15) is 10.1 Å². The number of carbonyl (C=O) groups excluding carboxylic acids is 2. The Kier molecular flexibility index (Phi) is 6.55. The number of aromatic carboxylic acids is 1. The summed E-state index contributed by atoms with van der Waals surface area (Å²) in [7, 11) is 0. The molecule has 0 fully saturated rings. The molecule has 1 aliphatic heterocycles. The van der Waals surface area contributed by atoms with E-state index in [-0.39, 0.29) is 17.2 Å². The third kappa shape index (κ3) is 4.74. The molecule has 0 aliphatic carbocycles. The summed E-state index contributed by atoms with van der Waals surface area (Å²) < 4.78 is 11.2. The summed E-state index contributed by atoms with van der Waals surface area (Å²) in [4.78, 5) is 36.9. The number of thiophene rings is 1. The monoisotopic (exact) mass is 476 g/mol. The van der Waals surface area contributed by atoms with Crippen LogP contribution in [0, 0.1) is 0 Å². The van der Waals surface area contributed by atoms with E-state index in [9.17, 15) is 14.4 Å². The number of carbonyl (C=O) groups is 3. The molecule has 1 amide bonds. The summed E-state index contributed by atoms with van der Waals surface area (Å²) in [5.41, 5.74) is 2.14. The van der Waals surface area contributed by atoms with Crippen molar-refractivity contribution < 1.29 is 29.0 Å². The van der Waals surface area contributed by atoms with Gasteiger partial charge in [-0.05, 0) is 73.3 Å². The topological polar surface area (TPSA) is 106 Å². The second kappa shape index (κ2) is 9.72. The molecule has 4 rings (SSSR count). The maximum Gasteiger partial charge on any atom is 0.353 e. The third-order valence-electron chi connectivity index (χ3n) is 4.93. The molecule has 8 nitrogen and oxygen atoms in total. The highest BCUT2D eigenvalue weighted by atomic mass is 32.1. The van der Waals surface area contributed by atoms with Crippen LogP contribution in [0.1, 0.15) is 39.4 Å². The van der Waals surface area contributed by atoms with Gasteiger partial charge in [-0.3, -0.25) is 4.79 Å². The number of nitrogens with zero attached hydrogens (tertiary/aromatic N) is 2. The van der Waals surface area contributed by atoms with Gasteiger partial charge in [0.25, 0.3) is 5.91 Å². The second-order valence-electron chi connectivity index (χ2n) is 7.22. The fourth-order valence-electron chi connectivity index (χ4n) is 3.28. The Hall–Kier alpha value is -4.24. The Morgan fingerprint density at radius 1 is 1.12 bits per heavy atom. The van der Waals surface area contributed by atoms with Crippen molar-refractivity contribution >= 4 is 46.7 Å². The number of esters is 1. The maximum atomic E-state index is 13.0. The Morgan fingerprint density at radius 3 is 2.53 bits per heavy atom. The van der Waals surface area contributed by atoms with Gasteiger partial charge < -0.3 is 14.6 Å². The smallest absolute Gasteiger partial charge is 0.353 e. The molecule has 0 radical (unpaired) electrons. The molecule has 0 saturated carbocycles. The second-order valence-corrected chi connectivity index (χ2v) is 8.17. The van der Waals surface area contributed by atoms with Crippen molar-refractivity contribution in [3.05, 3.63) is 81.6 Å². The lowest BCUT2D eigenvalue weighted by Gasteiger charge is -2.12. The normalized spacial score (nSPS) is 14.3. The van der Waals surface area contributed by atoms with E-state index in [1.165, 1.54) is 40.6 Å². The molecule has 172 valence electrons. The minimum Gasteiger partial charge on any atom is -0.490 e. The predicted octanol–water partition coefficient (Wildman–Crippen LogP) is 4.87. The summed E-state index contributed by atoms with van der Waals surface area (Å²) in [6.45, 7) is 3.90. The molecule has 2 heterocycles. The molecule has 1 aliphatic rings. The van der Waals surface area contributed by atoms with Crippen molar-refractivity contribution in [1.82, 2.24) is 0 Å². The lowest BCUT2D eigenvalue weighted by molar-refractivity contribution is -0.114. The molecule has 0 bridgehead atoms. The number of carboxylic acid groups (broad SMARTS) is 1. The van der Waals surface area contributed by atoms with Crippen LogP contribution < -0.4 is 14.5 Å². The number of hydrogen-bond acceptors (Lipinski definition) is 7. The van der Waals surface area contributed by atoms with Crippen molar-refractivity contribution in [3.63, 3.8) is 0 Å². The minimum absolute atomic E-state index is 0.121. The summed E-state index contributed by atoms with van der Waals surface area (Å²) >= 11 is 1.29. The molecule has 0 unspecified atom stereocenters. The van der Waals surface area contributed by atoms with Gasteiger partial charge in [0, 0.05) is 0 Å². The summed E-state index contributed by atoms with van der Waals surface area (Å²) in [6.07, 6.45) is 1.68. The lowest BCUT2D eigenvalue weighted by Crippen LogP contribution is -2.21. The van der Waals surface area contributed by atoms with E-state index in [4.69, 9.17) is 14.6 Å². The average molecular weight is 477 g/mol. The van der Waals surface area contributed by atoms with Crippen molar-refractivity contribution in [1.29, 1.82) is 0 Å². The zero-order valence-corrected chi connectivity index (χ0v) is 19.2. The number of anilines is 1. The fraction of sp³-hybridized carbons (Fsp3) is 0.120. The number of carboxylic acids is 1.